The number of carbonyl (C=O) groups is 1. The van der Waals surface area contributed by atoms with Gasteiger partial charge in [-0.05, 0) is 64.5 Å². The molecule has 0 spiro atoms. The van der Waals surface area contributed by atoms with Gasteiger partial charge in [-0.1, -0.05) is 13.8 Å². The maximum absolute atomic E-state index is 13.2. The summed E-state index contributed by atoms with van der Waals surface area (Å²) >= 11 is 0. The standard InChI is InChI=1S/C27H41N3O3/c1-17-16-19-22(29-12-10-27(6,7)11-13-29)20(24(25(31)32-9)33-26(3,4)5)18(2)21-23(19)30(17)15-14-28(21)8/h16,24H,10-15H2,1-9H3/t24-/m0/s1. The maximum Gasteiger partial charge on any atom is 0.339 e. The number of rotatable bonds is 4. The molecule has 0 unspecified atom stereocenters. The SMILES string of the molecule is COC(=O)[C@@H](OC(C)(C)C)c1c(C)c2c3c(cc(C)n3CCN2C)c1N1CCC(C)(C)CC1. The van der Waals surface area contributed by atoms with Gasteiger partial charge in [-0.15, -0.1) is 0 Å². The van der Waals surface area contributed by atoms with E-state index >= 15 is 0 Å². The minimum Gasteiger partial charge on any atom is -0.467 e. The zero-order valence-electron chi connectivity index (χ0n) is 22.0. The van der Waals surface area contributed by atoms with E-state index in [9.17, 15) is 4.79 Å². The van der Waals surface area contributed by atoms with Crippen molar-refractivity contribution in [1.29, 1.82) is 0 Å². The molecule has 4 rings (SSSR count). The monoisotopic (exact) mass is 455 g/mol. The highest BCUT2D eigenvalue weighted by molar-refractivity contribution is 6.06. The first kappa shape index (κ1) is 23.9. The van der Waals surface area contributed by atoms with Crippen LogP contribution in [0, 0.1) is 19.3 Å². The minimum atomic E-state index is -0.778. The van der Waals surface area contributed by atoms with Crippen LogP contribution in [0.4, 0.5) is 11.4 Å². The predicted molar refractivity (Wildman–Crippen MR) is 136 cm³/mol. The van der Waals surface area contributed by atoms with Gasteiger partial charge in [0.2, 0.25) is 0 Å². The fraction of sp³-hybridized carbons (Fsp3) is 0.667. The molecule has 6 heteroatoms. The average Bonchev–Trinajstić information content (AvgIpc) is 3.05. The summed E-state index contributed by atoms with van der Waals surface area (Å²) in [6.45, 7) is 18.9. The lowest BCUT2D eigenvalue weighted by molar-refractivity contribution is -0.164. The highest BCUT2D eigenvalue weighted by Gasteiger charge is 2.38. The summed E-state index contributed by atoms with van der Waals surface area (Å²) in [5, 5.41) is 1.22. The Morgan fingerprint density at radius 3 is 2.27 bits per heavy atom. The normalized spacial score (nSPS) is 19.2. The lowest BCUT2D eigenvalue weighted by atomic mass is 9.82. The molecule has 2 aliphatic rings. The second kappa shape index (κ2) is 8.23. The van der Waals surface area contributed by atoms with Gasteiger partial charge in [0.25, 0.3) is 0 Å². The number of aromatic nitrogens is 1. The van der Waals surface area contributed by atoms with Crippen molar-refractivity contribution in [2.45, 2.75) is 79.6 Å². The summed E-state index contributed by atoms with van der Waals surface area (Å²) in [6.07, 6.45) is 1.47. The molecular weight excluding hydrogens is 414 g/mol. The predicted octanol–water partition coefficient (Wildman–Crippen LogP) is 5.36. The van der Waals surface area contributed by atoms with E-state index < -0.39 is 11.7 Å². The Morgan fingerprint density at radius 2 is 1.70 bits per heavy atom. The van der Waals surface area contributed by atoms with Gasteiger partial charge in [0, 0.05) is 49.9 Å². The largest absolute Gasteiger partial charge is 0.467 e. The molecule has 6 nitrogen and oxygen atoms in total. The van der Waals surface area contributed by atoms with Crippen LogP contribution in [0.1, 0.15) is 70.4 Å². The third-order valence-corrected chi connectivity index (χ3v) is 7.42. The molecule has 0 amide bonds. The number of esters is 1. The van der Waals surface area contributed by atoms with E-state index in [-0.39, 0.29) is 5.97 Å². The lowest BCUT2D eigenvalue weighted by Crippen LogP contribution is -2.39. The van der Waals surface area contributed by atoms with Crippen LogP contribution in [-0.4, -0.2) is 49.9 Å². The molecule has 1 fully saturated rings. The van der Waals surface area contributed by atoms with E-state index in [0.29, 0.717) is 5.41 Å². The fourth-order valence-corrected chi connectivity index (χ4v) is 5.54. The van der Waals surface area contributed by atoms with Crippen LogP contribution in [0.25, 0.3) is 10.9 Å². The second-order valence-electron chi connectivity index (χ2n) is 11.6. The number of ether oxygens (including phenoxy) is 2. The number of nitrogens with zero attached hydrogens (tertiary/aromatic N) is 3. The van der Waals surface area contributed by atoms with Gasteiger partial charge in [0.05, 0.1) is 29.6 Å². The Kier molecular flexibility index (Phi) is 5.97. The number of methoxy groups -OCH3 is 1. The van der Waals surface area contributed by atoms with Crippen molar-refractivity contribution in [2.75, 3.05) is 43.6 Å². The minimum absolute atomic E-state index is 0.335. The van der Waals surface area contributed by atoms with Gasteiger partial charge >= 0.3 is 5.97 Å². The van der Waals surface area contributed by atoms with E-state index in [4.69, 9.17) is 9.47 Å². The van der Waals surface area contributed by atoms with E-state index in [2.05, 4.69) is 55.2 Å². The van der Waals surface area contributed by atoms with Crippen LogP contribution in [0.3, 0.4) is 0 Å². The van der Waals surface area contributed by atoms with E-state index in [1.54, 1.807) is 0 Å². The highest BCUT2D eigenvalue weighted by atomic mass is 16.6. The number of benzene rings is 1. The molecule has 33 heavy (non-hydrogen) atoms. The number of hydrogen-bond acceptors (Lipinski definition) is 5. The molecule has 1 saturated heterocycles. The smallest absolute Gasteiger partial charge is 0.339 e. The van der Waals surface area contributed by atoms with Gasteiger partial charge in [0.15, 0.2) is 6.10 Å². The number of anilines is 2. The Hall–Kier alpha value is -2.21. The van der Waals surface area contributed by atoms with E-state index in [1.807, 2.05) is 20.8 Å². The zero-order valence-corrected chi connectivity index (χ0v) is 22.0. The van der Waals surface area contributed by atoms with Crippen molar-refractivity contribution < 1.29 is 14.3 Å². The summed E-state index contributed by atoms with van der Waals surface area (Å²) < 4.78 is 14.2. The van der Waals surface area contributed by atoms with Crippen LogP contribution in [0.15, 0.2) is 6.07 Å². The Balaban J connectivity index is 2.04. The van der Waals surface area contributed by atoms with Crippen LogP contribution < -0.4 is 9.80 Å². The van der Waals surface area contributed by atoms with Crippen molar-refractivity contribution in [1.82, 2.24) is 4.57 Å². The van der Waals surface area contributed by atoms with Gasteiger partial charge in [-0.3, -0.25) is 0 Å². The highest BCUT2D eigenvalue weighted by Crippen LogP contribution is 2.49. The molecule has 0 aliphatic carbocycles. The first-order chi connectivity index (χ1) is 15.3. The van der Waals surface area contributed by atoms with Crippen molar-refractivity contribution >= 4 is 28.2 Å². The van der Waals surface area contributed by atoms with E-state index in [0.717, 1.165) is 55.8 Å². The number of piperidine rings is 1. The Labute approximate surface area is 198 Å². The third-order valence-electron chi connectivity index (χ3n) is 7.42. The number of likely N-dealkylation sites (N-methyl/N-ethyl adjacent to an activating group) is 1. The summed E-state index contributed by atoms with van der Waals surface area (Å²) in [5.41, 5.74) is 6.82. The molecule has 0 bridgehead atoms. The molecule has 1 aromatic carbocycles. The van der Waals surface area contributed by atoms with Crippen LogP contribution in [0.5, 0.6) is 0 Å². The Morgan fingerprint density at radius 1 is 1.06 bits per heavy atom. The molecule has 182 valence electrons. The third kappa shape index (κ3) is 4.23. The first-order valence-corrected chi connectivity index (χ1v) is 12.2. The molecule has 2 aliphatic heterocycles. The van der Waals surface area contributed by atoms with Crippen LogP contribution in [-0.2, 0) is 20.8 Å². The number of aryl methyl sites for hydroxylation is 1. The first-order valence-electron chi connectivity index (χ1n) is 12.2. The Bertz CT molecular complexity index is 1070. The molecule has 3 heterocycles. The molecular formula is C27H41N3O3. The van der Waals surface area contributed by atoms with Crippen LogP contribution in [0.2, 0.25) is 0 Å². The topological polar surface area (TPSA) is 46.9 Å². The van der Waals surface area contributed by atoms with Gasteiger partial charge in [0.1, 0.15) is 0 Å². The number of hydrogen-bond donors (Lipinski definition) is 0. The quantitative estimate of drug-likeness (QED) is 0.581. The average molecular weight is 456 g/mol. The molecule has 2 aromatic rings. The van der Waals surface area contributed by atoms with Gasteiger partial charge < -0.3 is 23.8 Å². The van der Waals surface area contributed by atoms with Crippen molar-refractivity contribution in [3.63, 3.8) is 0 Å². The molecule has 0 N–H and O–H groups in total. The molecule has 0 saturated carbocycles. The van der Waals surface area contributed by atoms with Crippen molar-refractivity contribution in [3.05, 3.63) is 22.9 Å². The zero-order chi connectivity index (χ0) is 24.3. The van der Waals surface area contributed by atoms with Crippen molar-refractivity contribution in [2.24, 2.45) is 5.41 Å². The van der Waals surface area contributed by atoms with Crippen LogP contribution >= 0.6 is 0 Å². The lowest BCUT2D eigenvalue weighted by Gasteiger charge is -2.41. The van der Waals surface area contributed by atoms with Gasteiger partial charge in [-0.25, -0.2) is 4.79 Å². The summed E-state index contributed by atoms with van der Waals surface area (Å²) in [6, 6.07) is 2.31. The van der Waals surface area contributed by atoms with Gasteiger partial charge in [-0.2, -0.15) is 0 Å². The molecule has 1 aromatic heterocycles. The summed E-state index contributed by atoms with van der Waals surface area (Å²) in [7, 11) is 3.60. The molecule has 0 radical (unpaired) electrons. The number of carbonyl (C=O) groups excluding carboxylic acids is 1. The second-order valence-corrected chi connectivity index (χ2v) is 11.6. The molecule has 1 atom stereocenters. The maximum atomic E-state index is 13.2. The summed E-state index contributed by atoms with van der Waals surface area (Å²) in [4.78, 5) is 18.0. The van der Waals surface area contributed by atoms with E-state index in [1.165, 1.54) is 29.4 Å². The van der Waals surface area contributed by atoms with Crippen molar-refractivity contribution in [3.8, 4) is 0 Å². The summed E-state index contributed by atoms with van der Waals surface area (Å²) in [5.74, 6) is -0.340. The fourth-order valence-electron chi connectivity index (χ4n) is 5.54.